The van der Waals surface area contributed by atoms with Crippen molar-refractivity contribution in [3.63, 3.8) is 0 Å². The minimum atomic E-state index is -1.04. The lowest BCUT2D eigenvalue weighted by atomic mass is 9.91. The lowest BCUT2D eigenvalue weighted by Gasteiger charge is -2.32. The van der Waals surface area contributed by atoms with E-state index in [2.05, 4.69) is 6.07 Å². The Labute approximate surface area is 171 Å². The average Bonchev–Trinajstić information content (AvgIpc) is 2.78. The number of methoxy groups -OCH3 is 1. The summed E-state index contributed by atoms with van der Waals surface area (Å²) in [7, 11) is 1.46. The van der Waals surface area contributed by atoms with E-state index >= 15 is 0 Å². The summed E-state index contributed by atoms with van der Waals surface area (Å²) in [6, 6.07) is 5.53. The predicted octanol–water partition coefficient (Wildman–Crippen LogP) is 3.63. The number of hydroxylamine groups is 2. The summed E-state index contributed by atoms with van der Waals surface area (Å²) in [5, 5.41) is 10.4. The summed E-state index contributed by atoms with van der Waals surface area (Å²) in [6.45, 7) is 12.2. The van der Waals surface area contributed by atoms with E-state index in [1.807, 2.05) is 13.8 Å². The Kier molecular flexibility index (Phi) is 6.21. The van der Waals surface area contributed by atoms with Crippen molar-refractivity contribution in [2.75, 3.05) is 13.9 Å². The van der Waals surface area contributed by atoms with Crippen molar-refractivity contribution in [1.29, 1.82) is 5.26 Å². The minimum Gasteiger partial charge on any atom is -0.427 e. The van der Waals surface area contributed by atoms with Gasteiger partial charge >= 0.3 is 5.97 Å². The van der Waals surface area contributed by atoms with Crippen molar-refractivity contribution in [3.05, 3.63) is 40.1 Å². The molecule has 0 aromatic heterocycles. The lowest BCUT2D eigenvalue weighted by molar-refractivity contribution is -0.239. The number of amides is 1. The van der Waals surface area contributed by atoms with Gasteiger partial charge in [0, 0.05) is 7.11 Å². The Hall–Kier alpha value is -2.69. The van der Waals surface area contributed by atoms with Crippen molar-refractivity contribution < 1.29 is 23.9 Å². The molecular weight excluding hydrogens is 372 g/mol. The molecule has 0 bridgehead atoms. The molecule has 1 aromatic rings. The van der Waals surface area contributed by atoms with Crippen LogP contribution < -0.4 is 0 Å². The molecule has 0 saturated heterocycles. The summed E-state index contributed by atoms with van der Waals surface area (Å²) in [5.74, 6) is -0.669. The molecular formula is C22H28N2O5. The number of carbonyl (C=O) groups excluding carboxylic acids is 2. The van der Waals surface area contributed by atoms with E-state index in [0.29, 0.717) is 11.1 Å². The van der Waals surface area contributed by atoms with Gasteiger partial charge in [0.25, 0.3) is 5.91 Å². The van der Waals surface area contributed by atoms with Crippen LogP contribution in [0.2, 0.25) is 0 Å². The number of rotatable bonds is 5. The van der Waals surface area contributed by atoms with Crippen LogP contribution in [0.1, 0.15) is 56.9 Å². The van der Waals surface area contributed by atoms with Gasteiger partial charge in [0.2, 0.25) is 0 Å². The molecule has 0 fully saturated rings. The molecule has 0 spiro atoms. The van der Waals surface area contributed by atoms with E-state index in [1.165, 1.54) is 12.2 Å². The van der Waals surface area contributed by atoms with Crippen molar-refractivity contribution in [2.24, 2.45) is 5.41 Å². The first-order valence-electron chi connectivity index (χ1n) is 9.31. The average molecular weight is 400 g/mol. The molecule has 0 aliphatic carbocycles. The van der Waals surface area contributed by atoms with Gasteiger partial charge in [-0.05, 0) is 77.3 Å². The van der Waals surface area contributed by atoms with Crippen LogP contribution in [0.3, 0.4) is 0 Å². The second kappa shape index (κ2) is 7.97. The molecule has 29 heavy (non-hydrogen) atoms. The fourth-order valence-corrected chi connectivity index (χ4v) is 3.24. The van der Waals surface area contributed by atoms with Crippen LogP contribution in [0, 0.1) is 30.6 Å². The lowest BCUT2D eigenvalue weighted by Crippen LogP contribution is -2.45. The molecule has 1 aromatic carbocycles. The van der Waals surface area contributed by atoms with Crippen LogP contribution in [-0.2, 0) is 23.9 Å². The van der Waals surface area contributed by atoms with Crippen LogP contribution >= 0.6 is 0 Å². The molecule has 0 atom stereocenters. The van der Waals surface area contributed by atoms with Crippen LogP contribution in [0.5, 0.6) is 0 Å². The summed E-state index contributed by atoms with van der Waals surface area (Å²) in [4.78, 5) is 31.6. The molecule has 7 nitrogen and oxygen atoms in total. The van der Waals surface area contributed by atoms with Gasteiger partial charge in [-0.25, -0.2) is 9.90 Å². The molecule has 0 saturated carbocycles. The Balaban J connectivity index is 2.73. The second-order valence-electron chi connectivity index (χ2n) is 8.63. The maximum atomic E-state index is 13.4. The number of nitriles is 1. The Morgan fingerprint density at radius 3 is 2.21 bits per heavy atom. The molecule has 7 heteroatoms. The highest BCUT2D eigenvalue weighted by atomic mass is 16.8. The Bertz CT molecular complexity index is 893. The normalized spacial score (nSPS) is 16.2. The topological polar surface area (TPSA) is 88.9 Å². The fraction of sp³-hybridized carbons (Fsp3) is 0.500. The molecule has 1 aliphatic rings. The number of nitrogens with zero attached hydrogens (tertiary/aromatic N) is 2. The monoisotopic (exact) mass is 400 g/mol. The van der Waals surface area contributed by atoms with Gasteiger partial charge in [0.15, 0.2) is 6.79 Å². The zero-order valence-electron chi connectivity index (χ0n) is 18.3. The van der Waals surface area contributed by atoms with Gasteiger partial charge in [-0.15, -0.1) is 0 Å². The molecule has 1 heterocycles. The van der Waals surface area contributed by atoms with E-state index in [1.54, 1.807) is 46.8 Å². The number of aryl methyl sites for hydroxylation is 2. The number of esters is 1. The third-order valence-electron chi connectivity index (χ3n) is 4.71. The van der Waals surface area contributed by atoms with E-state index in [9.17, 15) is 14.9 Å². The first-order chi connectivity index (χ1) is 13.4. The summed E-state index contributed by atoms with van der Waals surface area (Å²) < 4.78 is 10.8. The highest BCUT2D eigenvalue weighted by Gasteiger charge is 2.50. The van der Waals surface area contributed by atoms with E-state index in [4.69, 9.17) is 14.3 Å². The summed E-state index contributed by atoms with van der Waals surface area (Å²) >= 11 is 0. The molecule has 1 aliphatic heterocycles. The maximum Gasteiger partial charge on any atom is 0.316 e. The fourth-order valence-electron chi connectivity index (χ4n) is 3.24. The van der Waals surface area contributed by atoms with Crippen LogP contribution in [-0.4, -0.2) is 36.4 Å². The molecule has 0 unspecified atom stereocenters. The van der Waals surface area contributed by atoms with Gasteiger partial charge in [0.05, 0.1) is 22.6 Å². The first-order valence-corrected chi connectivity index (χ1v) is 9.31. The molecule has 2 rings (SSSR count). The third-order valence-corrected chi connectivity index (χ3v) is 4.71. The second-order valence-corrected chi connectivity index (χ2v) is 8.63. The number of ether oxygens (including phenoxy) is 2. The first kappa shape index (κ1) is 22.6. The molecule has 0 N–H and O–H groups in total. The third kappa shape index (κ3) is 4.19. The Morgan fingerprint density at radius 1 is 1.21 bits per heavy atom. The largest absolute Gasteiger partial charge is 0.427 e. The van der Waals surface area contributed by atoms with Crippen LogP contribution in [0.15, 0.2) is 17.9 Å². The van der Waals surface area contributed by atoms with E-state index < -0.39 is 22.8 Å². The standard InChI is InChI=1S/C22H28N2O5/c1-13-9-15(11-23)10-14(2)16(13)17-18(29-20(26)21(3,4)5)22(6,7)24(19(17)25)28-12-27-8/h9-10H,12H2,1-8H3. The van der Waals surface area contributed by atoms with E-state index in [0.717, 1.165) is 11.1 Å². The zero-order chi connectivity index (χ0) is 22.1. The van der Waals surface area contributed by atoms with Crippen LogP contribution in [0.4, 0.5) is 0 Å². The molecule has 156 valence electrons. The number of carbonyl (C=O) groups is 2. The molecule has 0 radical (unpaired) electrons. The van der Waals surface area contributed by atoms with Crippen molar-refractivity contribution in [3.8, 4) is 6.07 Å². The summed E-state index contributed by atoms with van der Waals surface area (Å²) in [5.41, 5.74) is 1.04. The highest BCUT2D eigenvalue weighted by Crippen LogP contribution is 2.43. The smallest absolute Gasteiger partial charge is 0.316 e. The van der Waals surface area contributed by atoms with Gasteiger partial charge < -0.3 is 9.47 Å². The minimum absolute atomic E-state index is 0.131. The SMILES string of the molecule is COCON1C(=O)C(c2c(C)cc(C#N)cc2C)=C(OC(=O)C(C)(C)C)C1(C)C. The zero-order valence-corrected chi connectivity index (χ0v) is 18.3. The number of hydrogen-bond acceptors (Lipinski definition) is 6. The van der Waals surface area contributed by atoms with Crippen molar-refractivity contribution in [1.82, 2.24) is 5.06 Å². The van der Waals surface area contributed by atoms with Crippen LogP contribution in [0.25, 0.3) is 5.57 Å². The van der Waals surface area contributed by atoms with Crippen molar-refractivity contribution in [2.45, 2.75) is 54.0 Å². The Morgan fingerprint density at radius 2 is 1.76 bits per heavy atom. The quantitative estimate of drug-likeness (QED) is 0.554. The van der Waals surface area contributed by atoms with Crippen molar-refractivity contribution >= 4 is 17.4 Å². The number of benzene rings is 1. The molecule has 1 amide bonds. The van der Waals surface area contributed by atoms with Gasteiger partial charge in [-0.2, -0.15) is 5.26 Å². The van der Waals surface area contributed by atoms with Gasteiger partial charge in [-0.3, -0.25) is 9.59 Å². The predicted molar refractivity (Wildman–Crippen MR) is 107 cm³/mol. The summed E-state index contributed by atoms with van der Waals surface area (Å²) in [6.07, 6.45) is 0. The van der Waals surface area contributed by atoms with Gasteiger partial charge in [-0.1, -0.05) is 0 Å². The van der Waals surface area contributed by atoms with Gasteiger partial charge in [0.1, 0.15) is 11.3 Å². The maximum absolute atomic E-state index is 13.4. The van der Waals surface area contributed by atoms with E-state index in [-0.39, 0.29) is 18.1 Å². The number of hydrogen-bond donors (Lipinski definition) is 0. The highest BCUT2D eigenvalue weighted by molar-refractivity contribution is 6.23.